The zero-order valence-electron chi connectivity index (χ0n) is 8.62. The molecule has 0 unspecified atom stereocenters. The maximum absolute atomic E-state index is 11.6. The second-order valence-corrected chi connectivity index (χ2v) is 3.84. The van der Waals surface area contributed by atoms with Crippen molar-refractivity contribution in [2.24, 2.45) is 5.73 Å². The van der Waals surface area contributed by atoms with Gasteiger partial charge in [-0.2, -0.15) is 0 Å². The summed E-state index contributed by atoms with van der Waals surface area (Å²) in [6, 6.07) is 7.18. The summed E-state index contributed by atoms with van der Waals surface area (Å²) >= 11 is 0. The van der Waals surface area contributed by atoms with Gasteiger partial charge in [-0.15, -0.1) is 0 Å². The minimum atomic E-state index is -0.625. The third kappa shape index (κ3) is 2.10. The molecular weight excluding hydrogens is 192 g/mol. The monoisotopic (exact) mass is 206 g/mol. The highest BCUT2D eigenvalue weighted by Crippen LogP contribution is 2.33. The van der Waals surface area contributed by atoms with E-state index in [2.05, 4.69) is 5.32 Å². The van der Waals surface area contributed by atoms with Gasteiger partial charge in [-0.05, 0) is 37.1 Å². The lowest BCUT2D eigenvalue weighted by Gasteiger charge is -2.10. The zero-order valence-corrected chi connectivity index (χ0v) is 8.62. The van der Waals surface area contributed by atoms with Gasteiger partial charge in [0.25, 0.3) is 0 Å². The normalized spacial score (nSPS) is 16.9. The van der Waals surface area contributed by atoms with E-state index in [9.17, 15) is 4.79 Å². The van der Waals surface area contributed by atoms with E-state index in [-0.39, 0.29) is 5.91 Å². The summed E-state index contributed by atoms with van der Waals surface area (Å²) in [5.74, 6) is 0.662. The van der Waals surface area contributed by atoms with Crippen LogP contribution in [0.2, 0.25) is 0 Å². The summed E-state index contributed by atoms with van der Waals surface area (Å²) in [4.78, 5) is 11.6. The highest BCUT2D eigenvalue weighted by molar-refractivity contribution is 6.00. The number of nitrogens with one attached hydrogen (secondary N) is 1. The third-order valence-corrected chi connectivity index (χ3v) is 2.59. The van der Waals surface area contributed by atoms with Crippen molar-refractivity contribution < 1.29 is 9.53 Å². The Morgan fingerprint density at radius 1 is 1.40 bits per heavy atom. The number of benzene rings is 1. The molecule has 0 aliphatic heterocycles. The van der Waals surface area contributed by atoms with E-state index in [1.807, 2.05) is 0 Å². The highest BCUT2D eigenvalue weighted by atomic mass is 16.5. The smallest absolute Gasteiger partial charge is 0.244 e. The molecule has 1 fully saturated rings. The molecule has 1 amide bonds. The van der Waals surface area contributed by atoms with Gasteiger partial charge in [0.1, 0.15) is 5.75 Å². The van der Waals surface area contributed by atoms with Crippen molar-refractivity contribution in [3.8, 4) is 5.75 Å². The summed E-state index contributed by atoms with van der Waals surface area (Å²) in [5.41, 5.74) is 5.88. The number of carbonyl (C=O) groups excluding carboxylic acids is 1. The van der Waals surface area contributed by atoms with E-state index < -0.39 is 5.54 Å². The lowest BCUT2D eigenvalue weighted by molar-refractivity contribution is -0.118. The maximum Gasteiger partial charge on any atom is 0.244 e. The van der Waals surface area contributed by atoms with Gasteiger partial charge in [0.05, 0.1) is 12.6 Å². The van der Waals surface area contributed by atoms with Crippen LogP contribution in [-0.2, 0) is 4.79 Å². The molecular formula is C11H14N2O2. The summed E-state index contributed by atoms with van der Waals surface area (Å²) in [5, 5.41) is 2.78. The number of rotatable bonds is 3. The van der Waals surface area contributed by atoms with Gasteiger partial charge in [0.15, 0.2) is 0 Å². The minimum Gasteiger partial charge on any atom is -0.497 e. The number of methoxy groups -OCH3 is 1. The predicted molar refractivity (Wildman–Crippen MR) is 57.8 cm³/mol. The Morgan fingerprint density at radius 3 is 2.47 bits per heavy atom. The first kappa shape index (κ1) is 9.98. The number of amides is 1. The molecule has 0 spiro atoms. The Kier molecular flexibility index (Phi) is 2.36. The quantitative estimate of drug-likeness (QED) is 0.779. The molecule has 0 atom stereocenters. The van der Waals surface area contributed by atoms with Crippen molar-refractivity contribution in [3.05, 3.63) is 24.3 Å². The van der Waals surface area contributed by atoms with Gasteiger partial charge < -0.3 is 15.8 Å². The Morgan fingerprint density at radius 2 is 2.00 bits per heavy atom. The molecule has 0 saturated heterocycles. The number of hydrogen-bond acceptors (Lipinski definition) is 3. The van der Waals surface area contributed by atoms with Gasteiger partial charge in [-0.3, -0.25) is 4.79 Å². The molecule has 0 aromatic heterocycles. The summed E-state index contributed by atoms with van der Waals surface area (Å²) in [7, 11) is 1.60. The first-order valence-corrected chi connectivity index (χ1v) is 4.88. The molecule has 80 valence electrons. The minimum absolute atomic E-state index is 0.104. The van der Waals surface area contributed by atoms with Crippen LogP contribution in [0.3, 0.4) is 0 Å². The van der Waals surface area contributed by atoms with Crippen LogP contribution >= 0.6 is 0 Å². The van der Waals surface area contributed by atoms with Crippen molar-refractivity contribution in [2.75, 3.05) is 12.4 Å². The van der Waals surface area contributed by atoms with Crippen molar-refractivity contribution in [1.82, 2.24) is 0 Å². The second kappa shape index (κ2) is 3.55. The molecule has 0 heterocycles. The fraction of sp³-hybridized carbons (Fsp3) is 0.364. The van der Waals surface area contributed by atoms with Crippen molar-refractivity contribution in [3.63, 3.8) is 0 Å². The molecule has 1 aromatic carbocycles. The SMILES string of the molecule is COc1ccc(NC(=O)C2(N)CC2)cc1. The molecule has 2 rings (SSSR count). The van der Waals surface area contributed by atoms with Gasteiger partial charge in [0, 0.05) is 5.69 Å². The molecule has 0 bridgehead atoms. The van der Waals surface area contributed by atoms with E-state index in [1.54, 1.807) is 31.4 Å². The van der Waals surface area contributed by atoms with Crippen LogP contribution in [0, 0.1) is 0 Å². The Hall–Kier alpha value is -1.55. The fourth-order valence-electron chi connectivity index (χ4n) is 1.29. The molecule has 1 aromatic rings. The number of carbonyl (C=O) groups is 1. The van der Waals surface area contributed by atoms with E-state index in [0.717, 1.165) is 24.3 Å². The van der Waals surface area contributed by atoms with E-state index in [0.29, 0.717) is 0 Å². The average Bonchev–Trinajstić information content (AvgIpc) is 2.99. The number of anilines is 1. The average molecular weight is 206 g/mol. The highest BCUT2D eigenvalue weighted by Gasteiger charge is 2.45. The van der Waals surface area contributed by atoms with Crippen LogP contribution in [0.5, 0.6) is 5.75 Å². The summed E-state index contributed by atoms with van der Waals surface area (Å²) < 4.78 is 5.02. The van der Waals surface area contributed by atoms with Crippen LogP contribution < -0.4 is 15.8 Å². The lowest BCUT2D eigenvalue weighted by Crippen LogP contribution is -2.37. The van der Waals surface area contributed by atoms with E-state index in [4.69, 9.17) is 10.5 Å². The number of nitrogens with two attached hydrogens (primary N) is 1. The van der Waals surface area contributed by atoms with E-state index in [1.165, 1.54) is 0 Å². The topological polar surface area (TPSA) is 64.3 Å². The summed E-state index contributed by atoms with van der Waals surface area (Å²) in [6.45, 7) is 0. The van der Waals surface area contributed by atoms with Crippen LogP contribution in [0.15, 0.2) is 24.3 Å². The number of ether oxygens (including phenoxy) is 1. The van der Waals surface area contributed by atoms with Gasteiger partial charge in [0.2, 0.25) is 5.91 Å². The van der Waals surface area contributed by atoms with Crippen LogP contribution in [0.25, 0.3) is 0 Å². The zero-order chi connectivity index (χ0) is 10.9. The Balaban J connectivity index is 2.01. The van der Waals surface area contributed by atoms with Crippen molar-refractivity contribution in [1.29, 1.82) is 0 Å². The molecule has 1 aliphatic carbocycles. The van der Waals surface area contributed by atoms with Crippen LogP contribution in [0.1, 0.15) is 12.8 Å². The fourth-order valence-corrected chi connectivity index (χ4v) is 1.29. The molecule has 3 N–H and O–H groups in total. The standard InChI is InChI=1S/C11H14N2O2/c1-15-9-4-2-8(3-5-9)13-10(14)11(12)6-7-11/h2-5H,6-7,12H2,1H3,(H,13,14). The Bertz CT molecular complexity index is 369. The third-order valence-electron chi connectivity index (χ3n) is 2.59. The Labute approximate surface area is 88.4 Å². The van der Waals surface area contributed by atoms with E-state index >= 15 is 0 Å². The van der Waals surface area contributed by atoms with Crippen LogP contribution in [-0.4, -0.2) is 18.6 Å². The summed E-state index contributed by atoms with van der Waals surface area (Å²) in [6.07, 6.45) is 1.55. The largest absolute Gasteiger partial charge is 0.497 e. The first-order valence-electron chi connectivity index (χ1n) is 4.88. The van der Waals surface area contributed by atoms with Crippen LogP contribution in [0.4, 0.5) is 5.69 Å². The van der Waals surface area contributed by atoms with Gasteiger partial charge in [-0.1, -0.05) is 0 Å². The molecule has 1 saturated carbocycles. The lowest BCUT2D eigenvalue weighted by atomic mass is 10.2. The van der Waals surface area contributed by atoms with Gasteiger partial charge >= 0.3 is 0 Å². The van der Waals surface area contributed by atoms with Crippen molar-refractivity contribution in [2.45, 2.75) is 18.4 Å². The maximum atomic E-state index is 11.6. The molecule has 1 aliphatic rings. The molecule has 4 nitrogen and oxygen atoms in total. The predicted octanol–water partition coefficient (Wildman–Crippen LogP) is 1.12. The van der Waals surface area contributed by atoms with Gasteiger partial charge in [-0.25, -0.2) is 0 Å². The first-order chi connectivity index (χ1) is 7.14. The number of hydrogen-bond donors (Lipinski definition) is 2. The van der Waals surface area contributed by atoms with Crippen molar-refractivity contribution >= 4 is 11.6 Å². The second-order valence-electron chi connectivity index (χ2n) is 3.84. The molecule has 4 heteroatoms. The molecule has 15 heavy (non-hydrogen) atoms. The molecule has 0 radical (unpaired) electrons.